The first kappa shape index (κ1) is 31.0. The Morgan fingerprint density at radius 2 is 1.96 bits per heavy atom. The van der Waals surface area contributed by atoms with E-state index in [1.807, 2.05) is 31.0 Å². The molecular weight excluding hydrogens is 608 g/mol. The lowest BCUT2D eigenvalue weighted by atomic mass is 9.97. The summed E-state index contributed by atoms with van der Waals surface area (Å²) >= 11 is 0. The van der Waals surface area contributed by atoms with Gasteiger partial charge >= 0.3 is 5.97 Å². The second kappa shape index (κ2) is 12.4. The molecule has 1 aromatic carbocycles. The van der Waals surface area contributed by atoms with Crippen LogP contribution in [0.25, 0.3) is 5.65 Å². The van der Waals surface area contributed by atoms with Crippen molar-refractivity contribution in [1.29, 1.82) is 5.26 Å². The summed E-state index contributed by atoms with van der Waals surface area (Å²) in [6.07, 6.45) is 7.71. The first-order valence-electron chi connectivity index (χ1n) is 15.0. The Balaban J connectivity index is 1.26. The van der Waals surface area contributed by atoms with Crippen LogP contribution in [0.5, 0.6) is 0 Å². The van der Waals surface area contributed by atoms with Crippen molar-refractivity contribution in [1.82, 2.24) is 24.5 Å². The third-order valence-electron chi connectivity index (χ3n) is 8.32. The summed E-state index contributed by atoms with van der Waals surface area (Å²) in [5.74, 6) is -0.680. The van der Waals surface area contributed by atoms with E-state index in [1.54, 1.807) is 45.9 Å². The lowest BCUT2D eigenvalue weighted by Gasteiger charge is -2.35. The molecule has 13 nitrogen and oxygen atoms in total. The van der Waals surface area contributed by atoms with Crippen LogP contribution in [0.1, 0.15) is 62.8 Å². The minimum atomic E-state index is -3.60. The Morgan fingerprint density at radius 3 is 2.70 bits per heavy atom. The molecule has 3 atom stereocenters. The maximum Gasteiger partial charge on any atom is 0.340 e. The number of carbonyl (C=O) groups excluding carboxylic acids is 2. The molecule has 2 fully saturated rings. The first-order chi connectivity index (χ1) is 22.0. The van der Waals surface area contributed by atoms with Crippen molar-refractivity contribution in [3.63, 3.8) is 0 Å². The zero-order chi connectivity index (χ0) is 32.6. The van der Waals surface area contributed by atoms with Gasteiger partial charge in [-0.1, -0.05) is 11.6 Å². The van der Waals surface area contributed by atoms with Crippen LogP contribution in [0.3, 0.4) is 0 Å². The number of amides is 1. The molecule has 0 radical (unpaired) electrons. The number of benzene rings is 1. The van der Waals surface area contributed by atoms with E-state index < -0.39 is 28.0 Å². The molecule has 4 aromatic rings. The molecule has 0 unspecified atom stereocenters. The highest BCUT2D eigenvalue weighted by molar-refractivity contribution is 7.92. The number of aryl methyl sites for hydroxylation is 2. The number of pyridine rings is 1. The first-order valence-corrected chi connectivity index (χ1v) is 16.9. The fourth-order valence-corrected chi connectivity index (χ4v) is 6.72. The molecular formula is C32H34N8O5S. The summed E-state index contributed by atoms with van der Waals surface area (Å²) in [5, 5.41) is 14.6. The number of likely N-dealkylation sites (tertiary alicyclic amines) is 1. The van der Waals surface area contributed by atoms with Gasteiger partial charge in [0.2, 0.25) is 10.0 Å². The summed E-state index contributed by atoms with van der Waals surface area (Å²) in [5.41, 5.74) is 3.77. The molecule has 6 rings (SSSR count). The Labute approximate surface area is 266 Å². The Bertz CT molecular complexity index is 1960. The molecule has 3 aromatic heterocycles. The van der Waals surface area contributed by atoms with Crippen LogP contribution in [0.15, 0.2) is 55.0 Å². The normalized spacial score (nSPS) is 20.0. The van der Waals surface area contributed by atoms with Crippen molar-refractivity contribution in [2.75, 3.05) is 35.5 Å². The Morgan fingerprint density at radius 1 is 1.13 bits per heavy atom. The second-order valence-electron chi connectivity index (χ2n) is 11.9. The van der Waals surface area contributed by atoms with Crippen LogP contribution >= 0.6 is 0 Å². The van der Waals surface area contributed by atoms with Crippen molar-refractivity contribution in [3.05, 3.63) is 82.9 Å². The van der Waals surface area contributed by atoms with Gasteiger partial charge in [-0.05, 0) is 57.4 Å². The molecule has 238 valence electrons. The molecule has 2 aliphatic heterocycles. The summed E-state index contributed by atoms with van der Waals surface area (Å²) in [6, 6.07) is 12.2. The highest BCUT2D eigenvalue weighted by atomic mass is 32.2. The summed E-state index contributed by atoms with van der Waals surface area (Å²) < 4.78 is 33.9. The van der Waals surface area contributed by atoms with E-state index in [1.165, 1.54) is 6.20 Å². The number of fused-ring (bicyclic) bond motifs is 1. The maximum absolute atomic E-state index is 14.0. The number of esters is 1. The Kier molecular flexibility index (Phi) is 8.35. The number of sulfonamides is 1. The molecule has 0 bridgehead atoms. The van der Waals surface area contributed by atoms with E-state index in [4.69, 9.17) is 14.8 Å². The number of ether oxygens (including phenoxy) is 1. The lowest BCUT2D eigenvalue weighted by Crippen LogP contribution is -2.39. The number of nitrogens with zero attached hydrogens (tertiary/aromatic N) is 7. The van der Waals surface area contributed by atoms with E-state index in [2.05, 4.69) is 15.8 Å². The summed E-state index contributed by atoms with van der Waals surface area (Å²) in [4.78, 5) is 39.2. The maximum atomic E-state index is 14.0. The van der Waals surface area contributed by atoms with Gasteiger partial charge in [-0.2, -0.15) is 10.4 Å². The standard InChI is InChI=1S/C32H34N8O5S/c1-20-9-10-25(37-46(3,43)44)24(13-20)31(41)39-12-5-4-8-27(39)26-14-29-35-30(21(2)17-40(29)36-26)38-18-23(15-33)28(19-38)45-32(42)22-7-6-11-34-16-22/h6-7,9-11,13-14,16-17,23,27-28,37H,4-5,8,12,18-19H2,1-3H3/t23-,27+,28+/m1/s1. The molecule has 5 heterocycles. The average molecular weight is 643 g/mol. The molecule has 0 aliphatic carbocycles. The quantitative estimate of drug-likeness (QED) is 0.294. The van der Waals surface area contributed by atoms with Crippen molar-refractivity contribution in [2.45, 2.75) is 45.3 Å². The van der Waals surface area contributed by atoms with Gasteiger partial charge in [0.25, 0.3) is 5.91 Å². The van der Waals surface area contributed by atoms with Gasteiger partial charge < -0.3 is 14.5 Å². The van der Waals surface area contributed by atoms with Crippen molar-refractivity contribution in [2.24, 2.45) is 5.92 Å². The molecule has 46 heavy (non-hydrogen) atoms. The molecule has 0 saturated carbocycles. The highest BCUT2D eigenvalue weighted by Crippen LogP contribution is 2.34. The van der Waals surface area contributed by atoms with Crippen LogP contribution in [-0.4, -0.2) is 76.8 Å². The van der Waals surface area contributed by atoms with Crippen LogP contribution < -0.4 is 9.62 Å². The smallest absolute Gasteiger partial charge is 0.340 e. The number of carbonyl (C=O) groups is 2. The number of nitriles is 1. The summed E-state index contributed by atoms with van der Waals surface area (Å²) in [6.45, 7) is 4.92. The average Bonchev–Trinajstić information content (AvgIpc) is 3.64. The van der Waals surface area contributed by atoms with Crippen LogP contribution in [0.2, 0.25) is 0 Å². The fourth-order valence-electron chi connectivity index (χ4n) is 6.14. The van der Waals surface area contributed by atoms with E-state index in [0.717, 1.165) is 30.2 Å². The predicted molar refractivity (Wildman–Crippen MR) is 170 cm³/mol. The third-order valence-corrected chi connectivity index (χ3v) is 8.91. The number of piperidine rings is 1. The lowest BCUT2D eigenvalue weighted by molar-refractivity contribution is 0.0295. The Hall–Kier alpha value is -5.03. The molecule has 2 saturated heterocycles. The van der Waals surface area contributed by atoms with Gasteiger partial charge in [0.15, 0.2) is 5.65 Å². The zero-order valence-corrected chi connectivity index (χ0v) is 26.6. The minimum Gasteiger partial charge on any atom is -0.455 e. The molecule has 0 spiro atoms. The number of hydrogen-bond donors (Lipinski definition) is 1. The fraction of sp³-hybridized carbons (Fsp3) is 0.375. The molecule has 1 amide bonds. The van der Waals surface area contributed by atoms with Gasteiger partial charge in [-0.15, -0.1) is 0 Å². The van der Waals surface area contributed by atoms with E-state index >= 15 is 0 Å². The van der Waals surface area contributed by atoms with Crippen molar-refractivity contribution in [3.8, 4) is 6.07 Å². The molecule has 14 heteroatoms. The molecule has 2 aliphatic rings. The number of rotatable bonds is 7. The number of anilines is 2. The zero-order valence-electron chi connectivity index (χ0n) is 25.8. The van der Waals surface area contributed by atoms with Gasteiger partial charge in [0, 0.05) is 43.3 Å². The van der Waals surface area contributed by atoms with Crippen LogP contribution in [0.4, 0.5) is 11.5 Å². The summed E-state index contributed by atoms with van der Waals surface area (Å²) in [7, 11) is -3.60. The number of aromatic nitrogens is 4. The second-order valence-corrected chi connectivity index (χ2v) is 13.6. The molecule has 1 N–H and O–H groups in total. The van der Waals surface area contributed by atoms with Gasteiger partial charge in [0.1, 0.15) is 17.8 Å². The minimum absolute atomic E-state index is 0.241. The van der Waals surface area contributed by atoms with Gasteiger partial charge in [0.05, 0.1) is 47.4 Å². The monoisotopic (exact) mass is 642 g/mol. The van der Waals surface area contributed by atoms with Crippen LogP contribution in [0, 0.1) is 31.1 Å². The van der Waals surface area contributed by atoms with E-state index in [-0.39, 0.29) is 23.2 Å². The number of nitrogens with one attached hydrogen (secondary N) is 1. The van der Waals surface area contributed by atoms with E-state index in [0.29, 0.717) is 48.8 Å². The topological polar surface area (TPSA) is 163 Å². The van der Waals surface area contributed by atoms with Gasteiger partial charge in [-0.25, -0.2) is 22.7 Å². The van der Waals surface area contributed by atoms with Crippen LogP contribution in [-0.2, 0) is 14.8 Å². The largest absolute Gasteiger partial charge is 0.455 e. The van der Waals surface area contributed by atoms with E-state index in [9.17, 15) is 23.3 Å². The van der Waals surface area contributed by atoms with Crippen molar-refractivity contribution < 1.29 is 22.7 Å². The predicted octanol–water partition coefficient (Wildman–Crippen LogP) is 3.67. The third kappa shape index (κ3) is 6.36. The van der Waals surface area contributed by atoms with Gasteiger partial charge in [-0.3, -0.25) is 14.5 Å². The SMILES string of the molecule is Cc1ccc(NS(C)(=O)=O)c(C(=O)N2CCCC[C@H]2c2cc3nc(N4C[C@@H](C#N)[C@@H](OC(=O)c5cccnc5)C4)c(C)cn3n2)c1. The number of hydrogen-bond acceptors (Lipinski definition) is 10. The van der Waals surface area contributed by atoms with Crippen molar-refractivity contribution >= 4 is 39.1 Å². The highest BCUT2D eigenvalue weighted by Gasteiger charge is 2.38.